The third-order valence-electron chi connectivity index (χ3n) is 11.5. The number of ether oxygens (including phenoxy) is 1. The number of piperidine rings is 1. The van der Waals surface area contributed by atoms with E-state index in [1.807, 2.05) is 25.7 Å². The zero-order chi connectivity index (χ0) is 38.1. The Hall–Kier alpha value is -3.67. The number of nitrogens with one attached hydrogen (secondary N) is 4. The minimum Gasteiger partial charge on any atom is -0.468 e. The summed E-state index contributed by atoms with van der Waals surface area (Å²) in [6.45, 7) is 14.6. The number of urea groups is 1. The fourth-order valence-electron chi connectivity index (χ4n) is 8.74. The maximum atomic E-state index is 14.3. The van der Waals surface area contributed by atoms with Crippen molar-refractivity contribution in [1.82, 2.24) is 26.2 Å². The van der Waals surface area contributed by atoms with Crippen LogP contribution in [0.4, 0.5) is 4.79 Å². The van der Waals surface area contributed by atoms with Gasteiger partial charge in [-0.05, 0) is 54.1 Å². The highest BCUT2D eigenvalue weighted by molar-refractivity contribution is 7.90. The van der Waals surface area contributed by atoms with E-state index in [0.717, 1.165) is 19.3 Å². The van der Waals surface area contributed by atoms with Gasteiger partial charge in [0.15, 0.2) is 15.6 Å². The second-order valence-electron chi connectivity index (χ2n) is 16.7. The quantitative estimate of drug-likeness (QED) is 0.0858. The van der Waals surface area contributed by atoms with Crippen molar-refractivity contribution in [2.24, 2.45) is 22.7 Å². The Labute approximate surface area is 307 Å². The van der Waals surface area contributed by atoms with Crippen LogP contribution in [-0.2, 0) is 34.7 Å². The van der Waals surface area contributed by atoms with Crippen molar-refractivity contribution in [3.63, 3.8) is 0 Å². The molecule has 0 spiro atoms. The molecule has 4 aliphatic rings. The Morgan fingerprint density at radius 1 is 1.15 bits per heavy atom. The van der Waals surface area contributed by atoms with Crippen LogP contribution in [0.2, 0.25) is 0 Å². The Kier molecular flexibility index (Phi) is 11.4. The van der Waals surface area contributed by atoms with E-state index in [1.165, 1.54) is 12.3 Å². The highest BCUT2D eigenvalue weighted by Crippen LogP contribution is 2.67. The maximum absolute atomic E-state index is 14.3. The van der Waals surface area contributed by atoms with Gasteiger partial charge in [0.2, 0.25) is 11.7 Å². The van der Waals surface area contributed by atoms with Crippen molar-refractivity contribution >= 4 is 33.5 Å². The summed E-state index contributed by atoms with van der Waals surface area (Å²) in [5.41, 5.74) is -2.69. The van der Waals surface area contributed by atoms with E-state index >= 15 is 0 Å². The average Bonchev–Trinajstić information content (AvgIpc) is 3.75. The molecule has 0 aromatic carbocycles. The van der Waals surface area contributed by atoms with E-state index in [4.69, 9.17) is 15.6 Å². The third-order valence-corrected chi connectivity index (χ3v) is 13.2. The predicted molar refractivity (Wildman–Crippen MR) is 195 cm³/mol. The van der Waals surface area contributed by atoms with Crippen LogP contribution in [0.15, 0.2) is 35.5 Å². The van der Waals surface area contributed by atoms with Crippen LogP contribution in [0.3, 0.4) is 0 Å². The van der Waals surface area contributed by atoms with Gasteiger partial charge in [0, 0.05) is 19.5 Å². The van der Waals surface area contributed by atoms with E-state index in [0.29, 0.717) is 25.1 Å². The number of likely N-dealkylation sites (tertiary alicyclic amines) is 1. The molecule has 4 fully saturated rings. The standard InChI is InChI=1S/C38H55N5O8S/c1-8-10-16-27(30(44)32(46)39-19-9-2)40-31(45)29-28-26(36(28,6)7)21-43(29)38(23-51-38)33(35(3,4)5)41-34(47)42-37(17-12-11-13-18-37)24-52(48,49)22-25-15-14-20-50-25/h1,9,14-15,20,26-29,33H,2,10-13,16-19,21-24H2,3-7H3,(H,39,46)(H,40,45)(H2,41,42,47)/t26-,27?,28-,29-,33-,38?/m0/s1. The predicted octanol–water partition coefficient (Wildman–Crippen LogP) is 3.06. The summed E-state index contributed by atoms with van der Waals surface area (Å²) < 4.78 is 38.3. The van der Waals surface area contributed by atoms with Gasteiger partial charge < -0.3 is 30.4 Å². The monoisotopic (exact) mass is 741 g/mol. The number of furan rings is 1. The molecular weight excluding hydrogens is 687 g/mol. The molecule has 2 aliphatic heterocycles. The topological polar surface area (TPSA) is 179 Å². The first-order chi connectivity index (χ1) is 24.4. The molecule has 2 saturated heterocycles. The third kappa shape index (κ3) is 8.42. The second kappa shape index (κ2) is 15.0. The minimum absolute atomic E-state index is 0.0501. The molecule has 3 heterocycles. The first-order valence-electron chi connectivity index (χ1n) is 18.3. The van der Waals surface area contributed by atoms with Crippen LogP contribution in [0.5, 0.6) is 0 Å². The number of ketones is 1. The lowest BCUT2D eigenvalue weighted by Gasteiger charge is -2.44. The number of terminal acetylenes is 1. The number of carbonyl (C=O) groups excluding carboxylic acids is 4. The molecule has 0 radical (unpaired) electrons. The van der Waals surface area contributed by atoms with Gasteiger partial charge in [-0.2, -0.15) is 0 Å². The molecule has 52 heavy (non-hydrogen) atoms. The number of sulfone groups is 1. The molecule has 2 unspecified atom stereocenters. The van der Waals surface area contributed by atoms with Crippen molar-refractivity contribution in [3.8, 4) is 12.3 Å². The normalized spacial score (nSPS) is 27.2. The molecule has 4 amide bonds. The zero-order valence-corrected chi connectivity index (χ0v) is 31.9. The van der Waals surface area contributed by atoms with Crippen molar-refractivity contribution < 1.29 is 36.7 Å². The van der Waals surface area contributed by atoms with Gasteiger partial charge in [-0.3, -0.25) is 19.3 Å². The van der Waals surface area contributed by atoms with Gasteiger partial charge in [-0.25, -0.2) is 13.2 Å². The summed E-state index contributed by atoms with van der Waals surface area (Å²) in [7, 11) is -3.63. The van der Waals surface area contributed by atoms with E-state index in [-0.39, 0.29) is 54.7 Å². The number of hydrogen-bond donors (Lipinski definition) is 4. The van der Waals surface area contributed by atoms with Crippen LogP contribution in [0, 0.1) is 35.0 Å². The molecule has 6 atom stereocenters. The van der Waals surface area contributed by atoms with Crippen molar-refractivity contribution in [3.05, 3.63) is 36.8 Å². The SMILES string of the molecule is C#CCCC(NC(=O)[C@@H]1[C@@H]2[C@H](CN1C1([C@@H](NC(=O)NC3(CS(=O)(=O)Cc4ccco4)CCCCC3)C(C)(C)C)CO1)C2(C)C)C(=O)C(=O)NCC=C. The Morgan fingerprint density at radius 2 is 1.85 bits per heavy atom. The molecular formula is C38H55N5O8S. The van der Waals surface area contributed by atoms with E-state index in [1.54, 1.807) is 12.1 Å². The molecule has 0 bridgehead atoms. The number of amides is 4. The second-order valence-corrected chi connectivity index (χ2v) is 18.8. The summed E-state index contributed by atoms with van der Waals surface area (Å²) in [6.07, 6.45) is 12.2. The largest absolute Gasteiger partial charge is 0.468 e. The fourth-order valence-corrected chi connectivity index (χ4v) is 10.6. The number of Topliss-reactive ketones (excluding diaryl/α,β-unsaturated/α-hetero) is 1. The smallest absolute Gasteiger partial charge is 0.315 e. The van der Waals surface area contributed by atoms with Crippen LogP contribution in [-0.4, -0.2) is 91.8 Å². The molecule has 2 saturated carbocycles. The number of epoxide rings is 1. The fraction of sp³-hybridized carbons (Fsp3) is 0.684. The van der Waals surface area contributed by atoms with Crippen molar-refractivity contribution in [2.45, 2.75) is 115 Å². The van der Waals surface area contributed by atoms with E-state index < -0.39 is 68.3 Å². The van der Waals surface area contributed by atoms with Crippen molar-refractivity contribution in [2.75, 3.05) is 25.4 Å². The Morgan fingerprint density at radius 3 is 2.42 bits per heavy atom. The molecule has 1 aromatic heterocycles. The van der Waals surface area contributed by atoms with Crippen LogP contribution < -0.4 is 21.3 Å². The summed E-state index contributed by atoms with van der Waals surface area (Å²) >= 11 is 0. The molecule has 2 aliphatic carbocycles. The van der Waals surface area contributed by atoms with Gasteiger partial charge in [-0.15, -0.1) is 18.9 Å². The van der Waals surface area contributed by atoms with Gasteiger partial charge in [0.25, 0.3) is 5.91 Å². The highest BCUT2D eigenvalue weighted by atomic mass is 32.2. The van der Waals surface area contributed by atoms with Gasteiger partial charge in [0.05, 0.1) is 42.3 Å². The lowest BCUT2D eigenvalue weighted by molar-refractivity contribution is -0.141. The lowest BCUT2D eigenvalue weighted by atomic mass is 9.80. The van der Waals surface area contributed by atoms with Crippen LogP contribution in [0.25, 0.3) is 0 Å². The Balaban J connectivity index is 1.36. The summed E-state index contributed by atoms with van der Waals surface area (Å²) in [6, 6.07) is 0.342. The van der Waals surface area contributed by atoms with Gasteiger partial charge in [-0.1, -0.05) is 60.0 Å². The number of nitrogens with zero attached hydrogens (tertiary/aromatic N) is 1. The number of rotatable bonds is 16. The maximum Gasteiger partial charge on any atom is 0.315 e. The zero-order valence-electron chi connectivity index (χ0n) is 31.1. The van der Waals surface area contributed by atoms with Gasteiger partial charge in [0.1, 0.15) is 11.5 Å². The van der Waals surface area contributed by atoms with E-state index in [9.17, 15) is 27.6 Å². The number of fused-ring (bicyclic) bond motifs is 1. The van der Waals surface area contributed by atoms with E-state index in [2.05, 4.69) is 47.6 Å². The molecule has 14 heteroatoms. The lowest BCUT2D eigenvalue weighted by Crippen LogP contribution is -2.67. The summed E-state index contributed by atoms with van der Waals surface area (Å²) in [5, 5.41) is 11.6. The average molecular weight is 742 g/mol. The first kappa shape index (κ1) is 39.5. The number of hydrogen-bond acceptors (Lipinski definition) is 9. The van der Waals surface area contributed by atoms with Gasteiger partial charge >= 0.3 is 6.03 Å². The van der Waals surface area contributed by atoms with Crippen LogP contribution >= 0.6 is 0 Å². The summed E-state index contributed by atoms with van der Waals surface area (Å²) in [4.78, 5) is 56.1. The first-order valence-corrected chi connectivity index (χ1v) is 20.1. The molecule has 1 aromatic rings. The Bertz CT molecular complexity index is 1660. The summed E-state index contributed by atoms with van der Waals surface area (Å²) in [5.74, 6) is 0.474. The van der Waals surface area contributed by atoms with Crippen LogP contribution in [0.1, 0.15) is 85.3 Å². The minimum atomic E-state index is -3.63. The highest BCUT2D eigenvalue weighted by Gasteiger charge is 2.75. The molecule has 13 nitrogen and oxygen atoms in total. The molecule has 286 valence electrons. The molecule has 5 rings (SSSR count). The number of carbonyl (C=O) groups is 4. The van der Waals surface area contributed by atoms with Crippen molar-refractivity contribution in [1.29, 1.82) is 0 Å². The molecule has 4 N–H and O–H groups in total.